The lowest BCUT2D eigenvalue weighted by molar-refractivity contribution is 0.663. The molecule has 1 heterocycles. The fraction of sp³-hybridized carbons (Fsp3) is 0.0400. The molecule has 0 spiro atoms. The third-order valence-electron chi connectivity index (χ3n) is 10.6. The van der Waals surface area contributed by atoms with Crippen LogP contribution in [0.5, 0.6) is 0 Å². The van der Waals surface area contributed by atoms with E-state index in [2.05, 4.69) is 193 Å². The van der Waals surface area contributed by atoms with Gasteiger partial charge in [-0.3, -0.25) is 0 Å². The van der Waals surface area contributed by atoms with E-state index in [4.69, 9.17) is 4.42 Å². The molecular weight excluding hydrogens is 631 g/mol. The minimum Gasteiger partial charge on any atom is -0.456 e. The van der Waals surface area contributed by atoms with Gasteiger partial charge in [0.25, 0.3) is 0 Å². The van der Waals surface area contributed by atoms with Crippen LogP contribution in [0.2, 0.25) is 0 Å². The van der Waals surface area contributed by atoms with Crippen molar-refractivity contribution in [3.63, 3.8) is 0 Å². The molecule has 0 aliphatic heterocycles. The molecule has 246 valence electrons. The predicted molar refractivity (Wildman–Crippen MR) is 219 cm³/mol. The van der Waals surface area contributed by atoms with Crippen LogP contribution in [0.15, 0.2) is 205 Å². The molecule has 0 saturated carbocycles. The predicted octanol–water partition coefficient (Wildman–Crippen LogP) is 13.9. The molecule has 1 aromatic heterocycles. The van der Waals surface area contributed by atoms with Crippen LogP contribution in [0.4, 0.5) is 17.1 Å². The molecule has 2 heteroatoms. The Morgan fingerprint density at radius 3 is 1.75 bits per heavy atom. The van der Waals surface area contributed by atoms with Crippen LogP contribution in [-0.4, -0.2) is 0 Å². The van der Waals surface area contributed by atoms with Crippen LogP contribution < -0.4 is 4.90 Å². The van der Waals surface area contributed by atoms with Crippen LogP contribution in [0.3, 0.4) is 0 Å². The van der Waals surface area contributed by atoms with Gasteiger partial charge in [0.2, 0.25) is 0 Å². The van der Waals surface area contributed by atoms with E-state index in [0.29, 0.717) is 11.8 Å². The van der Waals surface area contributed by atoms with Crippen molar-refractivity contribution < 1.29 is 4.42 Å². The number of hydrogen-bond donors (Lipinski definition) is 0. The highest BCUT2D eigenvalue weighted by atomic mass is 16.3. The first kappa shape index (κ1) is 30.2. The number of furan rings is 1. The molecule has 10 rings (SSSR count). The summed E-state index contributed by atoms with van der Waals surface area (Å²) in [5, 5.41) is 4.75. The third kappa shape index (κ3) is 5.37. The van der Waals surface area contributed by atoms with Gasteiger partial charge >= 0.3 is 0 Å². The topological polar surface area (TPSA) is 16.4 Å². The van der Waals surface area contributed by atoms with Gasteiger partial charge in [-0.1, -0.05) is 146 Å². The molecule has 8 aromatic rings. The smallest absolute Gasteiger partial charge is 0.136 e. The highest BCUT2D eigenvalue weighted by Gasteiger charge is 2.19. The molecule has 0 saturated heterocycles. The van der Waals surface area contributed by atoms with E-state index in [1.165, 1.54) is 49.5 Å². The summed E-state index contributed by atoms with van der Waals surface area (Å²) in [6.07, 6.45) is 15.9. The second-order valence-corrected chi connectivity index (χ2v) is 13.7. The van der Waals surface area contributed by atoms with Crippen molar-refractivity contribution in [1.29, 1.82) is 0 Å². The lowest BCUT2D eigenvalue weighted by Crippen LogP contribution is -2.11. The molecule has 2 unspecified atom stereocenters. The number of benzene rings is 7. The standard InChI is InChI=1S/C50H35NO/c1-2-8-34(9-3-1)36-16-24-43(25-17-36)51(44-26-18-37(19-27-44)40-15-14-35-10-4-5-11-39(35)32-40)45-28-20-38(21-29-45)41-22-30-46-42(33-41)23-31-49-50(46)47-12-6-7-13-48(47)52-49/h1-33,35,39H. The van der Waals surface area contributed by atoms with E-state index in [1.54, 1.807) is 0 Å². The van der Waals surface area contributed by atoms with E-state index in [0.717, 1.165) is 33.6 Å². The van der Waals surface area contributed by atoms with E-state index in [1.807, 2.05) is 12.1 Å². The van der Waals surface area contributed by atoms with Gasteiger partial charge in [0.1, 0.15) is 11.2 Å². The first-order chi connectivity index (χ1) is 25.7. The van der Waals surface area contributed by atoms with Crippen LogP contribution in [-0.2, 0) is 0 Å². The van der Waals surface area contributed by atoms with Crippen LogP contribution in [0.1, 0.15) is 5.56 Å². The van der Waals surface area contributed by atoms with Gasteiger partial charge in [-0.2, -0.15) is 0 Å². The summed E-state index contributed by atoms with van der Waals surface area (Å²) in [5.41, 5.74) is 12.5. The van der Waals surface area contributed by atoms with E-state index >= 15 is 0 Å². The number of rotatable bonds is 6. The monoisotopic (exact) mass is 665 g/mol. The summed E-state index contributed by atoms with van der Waals surface area (Å²) in [5.74, 6) is 0.865. The normalized spacial score (nSPS) is 16.3. The summed E-state index contributed by atoms with van der Waals surface area (Å²) in [7, 11) is 0. The molecule has 0 radical (unpaired) electrons. The second-order valence-electron chi connectivity index (χ2n) is 13.7. The SMILES string of the molecule is C1=CC2C=CC(c3ccc(N(c4ccc(-c5ccccc5)cc4)c4ccc(-c5ccc6c(ccc7oc8ccccc8c76)c5)cc4)cc3)=CC2C=C1. The zero-order valence-corrected chi connectivity index (χ0v) is 28.6. The molecule has 2 nitrogen and oxygen atoms in total. The molecule has 2 atom stereocenters. The fourth-order valence-electron chi connectivity index (χ4n) is 7.89. The average Bonchev–Trinajstić information content (AvgIpc) is 3.61. The quantitative estimate of drug-likeness (QED) is 0.176. The van der Waals surface area contributed by atoms with Gasteiger partial charge in [0, 0.05) is 39.7 Å². The Balaban J connectivity index is 1.00. The maximum absolute atomic E-state index is 6.15. The van der Waals surface area contributed by atoms with Gasteiger partial charge in [0.15, 0.2) is 0 Å². The highest BCUT2D eigenvalue weighted by molar-refractivity contribution is 6.19. The molecule has 52 heavy (non-hydrogen) atoms. The zero-order chi connectivity index (χ0) is 34.4. The van der Waals surface area contributed by atoms with E-state index in [-0.39, 0.29) is 0 Å². The van der Waals surface area contributed by atoms with Crippen LogP contribution in [0, 0.1) is 11.8 Å². The van der Waals surface area contributed by atoms with Crippen molar-refractivity contribution in [2.24, 2.45) is 11.8 Å². The summed E-state index contributed by atoms with van der Waals surface area (Å²) >= 11 is 0. The van der Waals surface area contributed by atoms with Crippen molar-refractivity contribution >= 4 is 55.3 Å². The molecule has 0 amide bonds. The first-order valence-electron chi connectivity index (χ1n) is 18.0. The molecule has 0 N–H and O–H groups in total. The van der Waals surface area contributed by atoms with Gasteiger partial charge in [0.05, 0.1) is 0 Å². The Morgan fingerprint density at radius 2 is 1.02 bits per heavy atom. The fourth-order valence-corrected chi connectivity index (χ4v) is 7.89. The Labute approximate surface area is 303 Å². The number of anilines is 3. The minimum absolute atomic E-state index is 0.414. The van der Waals surface area contributed by atoms with E-state index in [9.17, 15) is 0 Å². The lowest BCUT2D eigenvalue weighted by atomic mass is 9.81. The average molecular weight is 666 g/mol. The first-order valence-corrected chi connectivity index (χ1v) is 18.0. The van der Waals surface area contributed by atoms with Crippen molar-refractivity contribution in [2.75, 3.05) is 4.90 Å². The Kier molecular flexibility index (Phi) is 7.32. The molecule has 0 fully saturated rings. The van der Waals surface area contributed by atoms with E-state index < -0.39 is 0 Å². The van der Waals surface area contributed by atoms with Gasteiger partial charge in [-0.15, -0.1) is 0 Å². The van der Waals surface area contributed by atoms with Crippen molar-refractivity contribution in [3.8, 4) is 22.3 Å². The molecule has 0 bridgehead atoms. The van der Waals surface area contributed by atoms with Crippen molar-refractivity contribution in [1.82, 2.24) is 0 Å². The summed E-state index contributed by atoms with van der Waals surface area (Å²) in [4.78, 5) is 2.35. The highest BCUT2D eigenvalue weighted by Crippen LogP contribution is 2.40. The van der Waals surface area contributed by atoms with Crippen molar-refractivity contribution in [3.05, 3.63) is 206 Å². The number of hydrogen-bond acceptors (Lipinski definition) is 2. The third-order valence-corrected chi connectivity index (χ3v) is 10.6. The molecule has 2 aliphatic carbocycles. The Morgan fingerprint density at radius 1 is 0.423 bits per heavy atom. The lowest BCUT2D eigenvalue weighted by Gasteiger charge is -2.27. The minimum atomic E-state index is 0.414. The Hall–Kier alpha value is -6.64. The second kappa shape index (κ2) is 12.6. The van der Waals surface area contributed by atoms with Crippen molar-refractivity contribution in [2.45, 2.75) is 0 Å². The van der Waals surface area contributed by atoms with Gasteiger partial charge in [-0.25, -0.2) is 0 Å². The maximum Gasteiger partial charge on any atom is 0.136 e. The van der Waals surface area contributed by atoms with Crippen LogP contribution >= 0.6 is 0 Å². The summed E-state index contributed by atoms with van der Waals surface area (Å²) in [6.45, 7) is 0. The number of para-hydroxylation sites is 1. The summed E-state index contributed by atoms with van der Waals surface area (Å²) < 4.78 is 6.15. The van der Waals surface area contributed by atoms with Gasteiger partial charge in [-0.05, 0) is 98.8 Å². The zero-order valence-electron chi connectivity index (χ0n) is 28.6. The number of fused-ring (bicyclic) bond motifs is 6. The summed E-state index contributed by atoms with van der Waals surface area (Å²) in [6, 6.07) is 56.7. The molecular formula is C50H35NO. The molecule has 7 aromatic carbocycles. The number of allylic oxidation sites excluding steroid dienone is 8. The van der Waals surface area contributed by atoms with Gasteiger partial charge < -0.3 is 9.32 Å². The maximum atomic E-state index is 6.15. The van der Waals surface area contributed by atoms with Crippen LogP contribution in [0.25, 0.3) is 60.5 Å². The Bertz CT molecular complexity index is 2710. The number of nitrogens with zero attached hydrogens (tertiary/aromatic N) is 1. The largest absolute Gasteiger partial charge is 0.456 e. The molecule has 2 aliphatic rings.